The average Bonchev–Trinajstić information content (AvgIpc) is 3.05. The number of carboxylic acid groups (broad SMARTS) is 1. The molecule has 1 heterocycles. The van der Waals surface area contributed by atoms with Gasteiger partial charge in [-0.2, -0.15) is 0 Å². The van der Waals surface area contributed by atoms with Gasteiger partial charge in [-0.15, -0.1) is 0 Å². The summed E-state index contributed by atoms with van der Waals surface area (Å²) in [6.07, 6.45) is 0. The average molecular weight is 368 g/mol. The predicted octanol–water partition coefficient (Wildman–Crippen LogP) is 3.46. The molecule has 0 radical (unpaired) electrons. The first kappa shape index (κ1) is 18.9. The fourth-order valence-corrected chi connectivity index (χ4v) is 3.32. The number of para-hydroxylation sites is 3. The Morgan fingerprint density at radius 3 is 2.44 bits per heavy atom. The molecule has 1 fully saturated rings. The van der Waals surface area contributed by atoms with Crippen molar-refractivity contribution in [3.05, 3.63) is 54.6 Å². The third-order valence-electron chi connectivity index (χ3n) is 5.00. The van der Waals surface area contributed by atoms with Gasteiger partial charge in [0.2, 0.25) is 5.91 Å². The SMILES string of the molecule is CC(C(=O)Nc1ccccc1Oc1ccccc1)N1C[C@@H](C)[C@H](C(=O)O)C1. The van der Waals surface area contributed by atoms with Gasteiger partial charge in [-0.25, -0.2) is 0 Å². The first-order valence-electron chi connectivity index (χ1n) is 9.05. The van der Waals surface area contributed by atoms with E-state index in [1.54, 1.807) is 19.1 Å². The van der Waals surface area contributed by atoms with Gasteiger partial charge in [0, 0.05) is 13.1 Å². The minimum atomic E-state index is -0.806. The molecule has 1 aliphatic rings. The van der Waals surface area contributed by atoms with E-state index in [9.17, 15) is 14.7 Å². The number of benzene rings is 2. The number of amides is 1. The topological polar surface area (TPSA) is 78.9 Å². The summed E-state index contributed by atoms with van der Waals surface area (Å²) in [5, 5.41) is 12.2. The molecule has 1 saturated heterocycles. The second-order valence-electron chi connectivity index (χ2n) is 6.95. The van der Waals surface area contributed by atoms with E-state index in [1.807, 2.05) is 54.3 Å². The lowest BCUT2D eigenvalue weighted by Gasteiger charge is -2.23. The van der Waals surface area contributed by atoms with Crippen molar-refractivity contribution in [3.63, 3.8) is 0 Å². The summed E-state index contributed by atoms with van der Waals surface area (Å²) >= 11 is 0. The van der Waals surface area contributed by atoms with Crippen LogP contribution in [0.25, 0.3) is 0 Å². The number of hydrogen-bond acceptors (Lipinski definition) is 4. The standard InChI is InChI=1S/C21H24N2O4/c1-14-12-23(13-17(14)21(25)26)15(2)20(24)22-18-10-6-7-11-19(18)27-16-8-4-3-5-9-16/h3-11,14-15,17H,12-13H2,1-2H3,(H,22,24)(H,25,26)/t14-,15?,17-/m1/s1. The minimum absolute atomic E-state index is 0.0199. The van der Waals surface area contributed by atoms with E-state index in [-0.39, 0.29) is 11.8 Å². The maximum absolute atomic E-state index is 12.7. The van der Waals surface area contributed by atoms with Crippen molar-refractivity contribution < 1.29 is 19.4 Å². The number of hydrogen-bond donors (Lipinski definition) is 2. The molecule has 27 heavy (non-hydrogen) atoms. The van der Waals surface area contributed by atoms with Crippen LogP contribution in [0.3, 0.4) is 0 Å². The van der Waals surface area contributed by atoms with E-state index >= 15 is 0 Å². The Labute approximate surface area is 158 Å². The van der Waals surface area contributed by atoms with Crippen LogP contribution in [0.4, 0.5) is 5.69 Å². The van der Waals surface area contributed by atoms with Crippen LogP contribution in [-0.4, -0.2) is 41.0 Å². The molecule has 1 amide bonds. The minimum Gasteiger partial charge on any atom is -0.481 e. The third-order valence-corrected chi connectivity index (χ3v) is 5.00. The summed E-state index contributed by atoms with van der Waals surface area (Å²) in [6, 6.07) is 16.2. The van der Waals surface area contributed by atoms with E-state index in [0.717, 1.165) is 0 Å². The van der Waals surface area contributed by atoms with E-state index in [0.29, 0.717) is 30.3 Å². The molecular formula is C21H24N2O4. The lowest BCUT2D eigenvalue weighted by atomic mass is 9.99. The van der Waals surface area contributed by atoms with Crippen LogP contribution in [0.1, 0.15) is 13.8 Å². The number of carbonyl (C=O) groups is 2. The number of rotatable bonds is 6. The Hall–Kier alpha value is -2.86. The van der Waals surface area contributed by atoms with Gasteiger partial charge in [-0.3, -0.25) is 14.5 Å². The maximum Gasteiger partial charge on any atom is 0.308 e. The molecule has 0 aromatic heterocycles. The predicted molar refractivity (Wildman–Crippen MR) is 103 cm³/mol. The number of aliphatic carboxylic acids is 1. The third kappa shape index (κ3) is 4.46. The monoisotopic (exact) mass is 368 g/mol. The van der Waals surface area contributed by atoms with Crippen LogP contribution in [0.5, 0.6) is 11.5 Å². The number of nitrogens with one attached hydrogen (secondary N) is 1. The lowest BCUT2D eigenvalue weighted by molar-refractivity contribution is -0.142. The summed E-state index contributed by atoms with van der Waals surface area (Å²) in [5.41, 5.74) is 0.584. The fraction of sp³-hybridized carbons (Fsp3) is 0.333. The van der Waals surface area contributed by atoms with E-state index in [4.69, 9.17) is 4.74 Å². The Morgan fingerprint density at radius 2 is 1.78 bits per heavy atom. The molecule has 0 aliphatic carbocycles. The molecule has 0 saturated carbocycles. The van der Waals surface area contributed by atoms with Crippen LogP contribution in [0.2, 0.25) is 0 Å². The number of anilines is 1. The van der Waals surface area contributed by atoms with Crippen molar-refractivity contribution in [2.24, 2.45) is 11.8 Å². The highest BCUT2D eigenvalue weighted by Crippen LogP contribution is 2.30. The normalized spacial score (nSPS) is 20.8. The van der Waals surface area contributed by atoms with Crippen molar-refractivity contribution in [2.45, 2.75) is 19.9 Å². The molecule has 2 N–H and O–H groups in total. The summed E-state index contributed by atoms with van der Waals surface area (Å²) in [7, 11) is 0. The van der Waals surface area contributed by atoms with E-state index < -0.39 is 17.9 Å². The largest absolute Gasteiger partial charge is 0.481 e. The van der Waals surface area contributed by atoms with Crippen molar-refractivity contribution >= 4 is 17.6 Å². The molecule has 6 heteroatoms. The molecule has 1 unspecified atom stereocenters. The van der Waals surface area contributed by atoms with E-state index in [1.165, 1.54) is 0 Å². The second kappa shape index (κ2) is 8.22. The molecule has 1 aliphatic heterocycles. The van der Waals surface area contributed by atoms with Crippen LogP contribution >= 0.6 is 0 Å². The zero-order chi connectivity index (χ0) is 19.4. The van der Waals surface area contributed by atoms with Gasteiger partial charge in [0.25, 0.3) is 0 Å². The van der Waals surface area contributed by atoms with Crippen LogP contribution in [0.15, 0.2) is 54.6 Å². The summed E-state index contributed by atoms with van der Waals surface area (Å²) in [5.74, 6) is -0.163. The number of carbonyl (C=O) groups excluding carboxylic acids is 1. The van der Waals surface area contributed by atoms with Crippen molar-refractivity contribution in [3.8, 4) is 11.5 Å². The van der Waals surface area contributed by atoms with Crippen LogP contribution < -0.4 is 10.1 Å². The molecule has 0 bridgehead atoms. The quantitative estimate of drug-likeness (QED) is 0.816. The van der Waals surface area contributed by atoms with Crippen LogP contribution in [0, 0.1) is 11.8 Å². The van der Waals surface area contributed by atoms with Crippen molar-refractivity contribution in [2.75, 3.05) is 18.4 Å². The fourth-order valence-electron chi connectivity index (χ4n) is 3.32. The van der Waals surface area contributed by atoms with Crippen molar-refractivity contribution in [1.82, 2.24) is 4.90 Å². The number of likely N-dealkylation sites (tertiary alicyclic amines) is 1. The van der Waals surface area contributed by atoms with Gasteiger partial charge >= 0.3 is 5.97 Å². The van der Waals surface area contributed by atoms with Gasteiger partial charge in [-0.1, -0.05) is 37.3 Å². The molecule has 142 valence electrons. The number of ether oxygens (including phenoxy) is 1. The van der Waals surface area contributed by atoms with Crippen LogP contribution in [-0.2, 0) is 9.59 Å². The van der Waals surface area contributed by atoms with Crippen molar-refractivity contribution in [1.29, 1.82) is 0 Å². The molecular weight excluding hydrogens is 344 g/mol. The maximum atomic E-state index is 12.7. The smallest absolute Gasteiger partial charge is 0.308 e. The lowest BCUT2D eigenvalue weighted by Crippen LogP contribution is -2.41. The molecule has 6 nitrogen and oxygen atoms in total. The molecule has 2 aromatic carbocycles. The number of carboxylic acids is 1. The zero-order valence-electron chi connectivity index (χ0n) is 15.5. The number of nitrogens with zero attached hydrogens (tertiary/aromatic N) is 1. The Morgan fingerprint density at radius 1 is 1.11 bits per heavy atom. The van der Waals surface area contributed by atoms with Gasteiger partial charge in [0.1, 0.15) is 5.75 Å². The zero-order valence-corrected chi connectivity index (χ0v) is 15.5. The first-order valence-corrected chi connectivity index (χ1v) is 9.05. The Balaban J connectivity index is 1.68. The van der Waals surface area contributed by atoms with Gasteiger partial charge in [-0.05, 0) is 37.1 Å². The molecule has 2 aromatic rings. The van der Waals surface area contributed by atoms with E-state index in [2.05, 4.69) is 5.32 Å². The molecule has 0 spiro atoms. The highest BCUT2D eigenvalue weighted by molar-refractivity contribution is 5.96. The summed E-state index contributed by atoms with van der Waals surface area (Å²) < 4.78 is 5.88. The van der Waals surface area contributed by atoms with Gasteiger partial charge in [0.15, 0.2) is 5.75 Å². The van der Waals surface area contributed by atoms with Gasteiger partial charge in [0.05, 0.1) is 17.6 Å². The highest BCUT2D eigenvalue weighted by Gasteiger charge is 2.38. The summed E-state index contributed by atoms with van der Waals surface area (Å²) in [6.45, 7) is 4.68. The Bertz CT molecular complexity index is 809. The van der Waals surface area contributed by atoms with Gasteiger partial charge < -0.3 is 15.2 Å². The Kier molecular flexibility index (Phi) is 5.76. The molecule has 3 atom stereocenters. The highest BCUT2D eigenvalue weighted by atomic mass is 16.5. The second-order valence-corrected chi connectivity index (χ2v) is 6.95. The molecule has 3 rings (SSSR count). The summed E-state index contributed by atoms with van der Waals surface area (Å²) in [4.78, 5) is 26.0. The first-order chi connectivity index (χ1) is 13.0.